The van der Waals surface area contributed by atoms with Crippen molar-refractivity contribution in [2.45, 2.75) is 13.3 Å². The topological polar surface area (TPSA) is 80.6 Å². The fourth-order valence-corrected chi connectivity index (χ4v) is 2.56. The molecule has 0 aliphatic carbocycles. The fourth-order valence-electron chi connectivity index (χ4n) is 2.56. The van der Waals surface area contributed by atoms with Gasteiger partial charge in [0.05, 0.1) is 6.61 Å². The van der Waals surface area contributed by atoms with Crippen LogP contribution in [0.15, 0.2) is 59.0 Å². The second kappa shape index (κ2) is 8.89. The Bertz CT molecular complexity index is 882. The van der Waals surface area contributed by atoms with Crippen LogP contribution in [0.25, 0.3) is 11.0 Å². The van der Waals surface area contributed by atoms with E-state index in [0.717, 1.165) is 17.6 Å². The summed E-state index contributed by atoms with van der Waals surface area (Å²) in [6, 6.07) is 16.1. The number of hydrogen-bond donors (Lipinski definition) is 2. The number of fused-ring (bicyclic) bond motifs is 1. The van der Waals surface area contributed by atoms with Crippen molar-refractivity contribution in [2.75, 3.05) is 19.7 Å². The van der Waals surface area contributed by atoms with E-state index in [4.69, 9.17) is 9.15 Å². The minimum absolute atomic E-state index is 0.199. The summed E-state index contributed by atoms with van der Waals surface area (Å²) in [7, 11) is 0. The van der Waals surface area contributed by atoms with E-state index in [2.05, 4.69) is 10.6 Å². The molecule has 6 nitrogen and oxygen atoms in total. The van der Waals surface area contributed by atoms with Crippen LogP contribution in [0.1, 0.15) is 34.3 Å². The molecule has 0 fully saturated rings. The quantitative estimate of drug-likeness (QED) is 0.599. The zero-order chi connectivity index (χ0) is 19.1. The maximum atomic E-state index is 12.1. The molecule has 0 bridgehead atoms. The van der Waals surface area contributed by atoms with Crippen molar-refractivity contribution in [3.8, 4) is 5.75 Å². The molecule has 0 aliphatic rings. The molecule has 0 spiro atoms. The highest BCUT2D eigenvalue weighted by atomic mass is 16.5. The van der Waals surface area contributed by atoms with E-state index in [-0.39, 0.29) is 17.6 Å². The first-order chi connectivity index (χ1) is 13.2. The SMILES string of the molecule is CCCOc1ccc(C(=O)NCCNC(=O)c2cc3ccccc3o2)cc1. The molecule has 27 heavy (non-hydrogen) atoms. The van der Waals surface area contributed by atoms with Crippen LogP contribution in [0.3, 0.4) is 0 Å². The lowest BCUT2D eigenvalue weighted by Gasteiger charge is -2.08. The zero-order valence-corrected chi connectivity index (χ0v) is 15.2. The van der Waals surface area contributed by atoms with Crippen molar-refractivity contribution in [1.82, 2.24) is 10.6 Å². The van der Waals surface area contributed by atoms with Crippen molar-refractivity contribution in [3.63, 3.8) is 0 Å². The summed E-state index contributed by atoms with van der Waals surface area (Å²) in [5, 5.41) is 6.38. The number of carbonyl (C=O) groups excluding carboxylic acids is 2. The number of nitrogens with one attached hydrogen (secondary N) is 2. The van der Waals surface area contributed by atoms with Gasteiger partial charge in [0, 0.05) is 24.0 Å². The highest BCUT2D eigenvalue weighted by Gasteiger charge is 2.11. The molecule has 2 amide bonds. The number of para-hydroxylation sites is 1. The van der Waals surface area contributed by atoms with Gasteiger partial charge in [0.1, 0.15) is 11.3 Å². The van der Waals surface area contributed by atoms with E-state index in [9.17, 15) is 9.59 Å². The van der Waals surface area contributed by atoms with Gasteiger partial charge in [-0.3, -0.25) is 9.59 Å². The van der Waals surface area contributed by atoms with Gasteiger partial charge >= 0.3 is 0 Å². The number of carbonyl (C=O) groups is 2. The Morgan fingerprint density at radius 1 is 0.963 bits per heavy atom. The average molecular weight is 366 g/mol. The average Bonchev–Trinajstić information content (AvgIpc) is 3.14. The van der Waals surface area contributed by atoms with Gasteiger partial charge in [0.25, 0.3) is 11.8 Å². The van der Waals surface area contributed by atoms with Gasteiger partial charge in [0.15, 0.2) is 5.76 Å². The summed E-state index contributed by atoms with van der Waals surface area (Å²) in [4.78, 5) is 24.2. The maximum absolute atomic E-state index is 12.1. The molecule has 2 N–H and O–H groups in total. The van der Waals surface area contributed by atoms with Crippen LogP contribution in [0.4, 0.5) is 0 Å². The number of rotatable bonds is 8. The Kier molecular flexibility index (Phi) is 6.10. The van der Waals surface area contributed by atoms with Crippen molar-refractivity contribution in [3.05, 3.63) is 65.9 Å². The second-order valence-electron chi connectivity index (χ2n) is 6.03. The number of amides is 2. The molecular weight excluding hydrogens is 344 g/mol. The highest BCUT2D eigenvalue weighted by molar-refractivity contribution is 5.96. The van der Waals surface area contributed by atoms with E-state index >= 15 is 0 Å². The van der Waals surface area contributed by atoms with Gasteiger partial charge in [-0.05, 0) is 42.8 Å². The summed E-state index contributed by atoms with van der Waals surface area (Å²) >= 11 is 0. The van der Waals surface area contributed by atoms with Crippen molar-refractivity contribution < 1.29 is 18.7 Å². The zero-order valence-electron chi connectivity index (χ0n) is 15.2. The van der Waals surface area contributed by atoms with Crippen molar-refractivity contribution >= 4 is 22.8 Å². The maximum Gasteiger partial charge on any atom is 0.287 e. The van der Waals surface area contributed by atoms with Gasteiger partial charge < -0.3 is 19.8 Å². The molecule has 2 aromatic carbocycles. The Morgan fingerprint density at radius 2 is 1.67 bits per heavy atom. The summed E-state index contributed by atoms with van der Waals surface area (Å²) in [5.74, 6) is 0.490. The number of ether oxygens (including phenoxy) is 1. The van der Waals surface area contributed by atoms with E-state index < -0.39 is 0 Å². The normalized spacial score (nSPS) is 10.6. The van der Waals surface area contributed by atoms with Crippen LogP contribution in [-0.2, 0) is 0 Å². The minimum atomic E-state index is -0.308. The van der Waals surface area contributed by atoms with Crippen LogP contribution < -0.4 is 15.4 Å². The monoisotopic (exact) mass is 366 g/mol. The third kappa shape index (κ3) is 4.88. The summed E-state index contributed by atoms with van der Waals surface area (Å²) in [5.41, 5.74) is 1.21. The van der Waals surface area contributed by atoms with E-state index in [1.54, 1.807) is 30.3 Å². The summed E-state index contributed by atoms with van der Waals surface area (Å²) in [6.07, 6.45) is 0.933. The standard InChI is InChI=1S/C21H22N2O4/c1-2-13-26-17-9-7-15(8-10-17)20(24)22-11-12-23-21(25)19-14-16-5-3-4-6-18(16)27-19/h3-10,14H,2,11-13H2,1H3,(H,22,24)(H,23,25). The Labute approximate surface area is 157 Å². The third-order valence-electron chi connectivity index (χ3n) is 3.93. The van der Waals surface area contributed by atoms with Gasteiger partial charge in [-0.15, -0.1) is 0 Å². The first-order valence-corrected chi connectivity index (χ1v) is 8.95. The van der Waals surface area contributed by atoms with Crippen LogP contribution in [0.2, 0.25) is 0 Å². The van der Waals surface area contributed by atoms with E-state index in [0.29, 0.717) is 30.8 Å². The Morgan fingerprint density at radius 3 is 2.37 bits per heavy atom. The molecular formula is C21H22N2O4. The second-order valence-corrected chi connectivity index (χ2v) is 6.03. The van der Waals surface area contributed by atoms with Crippen LogP contribution >= 0.6 is 0 Å². The van der Waals surface area contributed by atoms with Crippen molar-refractivity contribution in [1.29, 1.82) is 0 Å². The first-order valence-electron chi connectivity index (χ1n) is 8.95. The molecule has 0 saturated heterocycles. The third-order valence-corrected chi connectivity index (χ3v) is 3.93. The molecule has 0 saturated carbocycles. The Balaban J connectivity index is 1.43. The molecule has 3 aromatic rings. The molecule has 1 heterocycles. The number of hydrogen-bond acceptors (Lipinski definition) is 4. The minimum Gasteiger partial charge on any atom is -0.494 e. The van der Waals surface area contributed by atoms with Gasteiger partial charge in [-0.25, -0.2) is 0 Å². The molecule has 1 aromatic heterocycles. The molecule has 0 radical (unpaired) electrons. The molecule has 6 heteroatoms. The first kappa shape index (κ1) is 18.5. The largest absolute Gasteiger partial charge is 0.494 e. The fraction of sp³-hybridized carbons (Fsp3) is 0.238. The summed E-state index contributed by atoms with van der Waals surface area (Å²) in [6.45, 7) is 3.31. The molecule has 140 valence electrons. The molecule has 0 atom stereocenters. The molecule has 0 aliphatic heterocycles. The van der Waals surface area contributed by atoms with Crippen LogP contribution in [-0.4, -0.2) is 31.5 Å². The predicted molar refractivity (Wildman–Crippen MR) is 103 cm³/mol. The lowest BCUT2D eigenvalue weighted by molar-refractivity contribution is 0.0912. The number of furan rings is 1. The molecule has 0 unspecified atom stereocenters. The van der Waals surface area contributed by atoms with Crippen LogP contribution in [0.5, 0.6) is 5.75 Å². The summed E-state index contributed by atoms with van der Waals surface area (Å²) < 4.78 is 11.0. The number of benzene rings is 2. The Hall–Kier alpha value is -3.28. The lowest BCUT2D eigenvalue weighted by Crippen LogP contribution is -2.34. The van der Waals surface area contributed by atoms with E-state index in [1.165, 1.54) is 0 Å². The smallest absolute Gasteiger partial charge is 0.287 e. The molecule has 3 rings (SSSR count). The van der Waals surface area contributed by atoms with E-state index in [1.807, 2.05) is 31.2 Å². The van der Waals surface area contributed by atoms with Gasteiger partial charge in [-0.1, -0.05) is 25.1 Å². The highest BCUT2D eigenvalue weighted by Crippen LogP contribution is 2.18. The van der Waals surface area contributed by atoms with Crippen LogP contribution in [0, 0.1) is 0 Å². The van der Waals surface area contributed by atoms with Crippen molar-refractivity contribution in [2.24, 2.45) is 0 Å². The predicted octanol–water partition coefficient (Wildman–Crippen LogP) is 3.38. The van der Waals surface area contributed by atoms with Gasteiger partial charge in [-0.2, -0.15) is 0 Å². The van der Waals surface area contributed by atoms with Gasteiger partial charge in [0.2, 0.25) is 0 Å². The lowest BCUT2D eigenvalue weighted by atomic mass is 10.2.